The minimum absolute atomic E-state index is 0.128. The number of nitrogens with one attached hydrogen (secondary N) is 1. The summed E-state index contributed by atoms with van der Waals surface area (Å²) in [6.45, 7) is 0.971. The van der Waals surface area contributed by atoms with Gasteiger partial charge in [-0.25, -0.2) is 0 Å². The van der Waals surface area contributed by atoms with E-state index in [0.717, 1.165) is 11.1 Å². The van der Waals surface area contributed by atoms with Gasteiger partial charge in [-0.2, -0.15) is 0 Å². The lowest BCUT2D eigenvalue weighted by molar-refractivity contribution is -0.127. The Kier molecular flexibility index (Phi) is 6.56. The van der Waals surface area contributed by atoms with Gasteiger partial charge in [0.2, 0.25) is 5.91 Å². The van der Waals surface area contributed by atoms with Gasteiger partial charge in [0, 0.05) is 13.1 Å². The van der Waals surface area contributed by atoms with E-state index in [1.807, 2.05) is 54.4 Å². The van der Waals surface area contributed by atoms with Crippen LogP contribution in [-0.4, -0.2) is 17.9 Å². The van der Waals surface area contributed by atoms with Crippen molar-refractivity contribution in [2.75, 3.05) is 7.05 Å². The largest absolute Gasteiger partial charge is 0.467 e. The second kappa shape index (κ2) is 9.09. The molecule has 1 atom stereocenters. The summed E-state index contributed by atoms with van der Waals surface area (Å²) in [6, 6.07) is 18.3. The Morgan fingerprint density at radius 3 is 2.48 bits per heavy atom. The number of halogens is 2. The number of rotatable bonds is 7. The zero-order valence-corrected chi connectivity index (χ0v) is 16.4. The summed E-state index contributed by atoms with van der Waals surface area (Å²) in [5.41, 5.74) is 2.00. The van der Waals surface area contributed by atoms with Crippen LogP contribution in [0.5, 0.6) is 0 Å². The molecule has 0 saturated heterocycles. The predicted octanol–water partition coefficient (Wildman–Crippen LogP) is 5.08. The number of hydrogen-bond acceptors (Lipinski definition) is 3. The maximum Gasteiger partial charge on any atom is 0.245 e. The highest BCUT2D eigenvalue weighted by Crippen LogP contribution is 2.26. The first kappa shape index (κ1) is 19.5. The van der Waals surface area contributed by atoms with E-state index in [2.05, 4.69) is 5.32 Å². The number of carbonyl (C=O) groups is 1. The molecule has 140 valence electrons. The van der Waals surface area contributed by atoms with Crippen molar-refractivity contribution in [1.82, 2.24) is 10.2 Å². The minimum atomic E-state index is -0.557. The number of nitrogens with zero attached hydrogens (tertiary/aromatic N) is 1. The quantitative estimate of drug-likeness (QED) is 0.599. The van der Waals surface area contributed by atoms with Crippen molar-refractivity contribution in [3.63, 3.8) is 0 Å². The van der Waals surface area contributed by atoms with Crippen molar-refractivity contribution in [3.8, 4) is 0 Å². The zero-order valence-electron chi connectivity index (χ0n) is 14.9. The average Bonchev–Trinajstić information content (AvgIpc) is 3.18. The third kappa shape index (κ3) is 5.13. The molecule has 0 saturated carbocycles. The molecule has 1 heterocycles. The fraction of sp³-hybridized carbons (Fsp3) is 0.190. The molecule has 2 aromatic carbocycles. The molecule has 1 amide bonds. The van der Waals surface area contributed by atoms with Crippen LogP contribution in [0.4, 0.5) is 0 Å². The van der Waals surface area contributed by atoms with Crippen LogP contribution in [0.3, 0.4) is 0 Å². The molecule has 0 fully saturated rings. The summed E-state index contributed by atoms with van der Waals surface area (Å²) >= 11 is 12.1. The van der Waals surface area contributed by atoms with Gasteiger partial charge in [-0.3, -0.25) is 9.69 Å². The normalized spacial score (nSPS) is 12.1. The van der Waals surface area contributed by atoms with Crippen LogP contribution >= 0.6 is 23.2 Å². The van der Waals surface area contributed by atoms with Crippen LogP contribution in [0.25, 0.3) is 0 Å². The van der Waals surface area contributed by atoms with Crippen LogP contribution in [0, 0.1) is 0 Å². The second-order valence-corrected chi connectivity index (χ2v) is 7.10. The topological polar surface area (TPSA) is 45.5 Å². The minimum Gasteiger partial charge on any atom is -0.467 e. The lowest BCUT2D eigenvalue weighted by atomic mass is 10.1. The molecule has 1 aromatic heterocycles. The van der Waals surface area contributed by atoms with E-state index in [1.54, 1.807) is 24.5 Å². The summed E-state index contributed by atoms with van der Waals surface area (Å²) in [5.74, 6) is 0.458. The van der Waals surface area contributed by atoms with Crippen LogP contribution in [0.2, 0.25) is 10.0 Å². The van der Waals surface area contributed by atoms with Gasteiger partial charge in [0.25, 0.3) is 0 Å². The Morgan fingerprint density at radius 2 is 1.81 bits per heavy atom. The van der Waals surface area contributed by atoms with Gasteiger partial charge < -0.3 is 9.73 Å². The highest BCUT2D eigenvalue weighted by Gasteiger charge is 2.27. The summed E-state index contributed by atoms with van der Waals surface area (Å²) in [4.78, 5) is 14.8. The molecule has 3 rings (SSSR count). The maximum atomic E-state index is 12.9. The molecule has 0 aliphatic heterocycles. The summed E-state index contributed by atoms with van der Waals surface area (Å²) in [7, 11) is 1.87. The van der Waals surface area contributed by atoms with Crippen molar-refractivity contribution in [2.45, 2.75) is 19.1 Å². The van der Waals surface area contributed by atoms with Gasteiger partial charge in [0.15, 0.2) is 0 Å². The number of furan rings is 1. The van der Waals surface area contributed by atoms with E-state index in [9.17, 15) is 4.79 Å². The molecule has 0 spiro atoms. The third-order valence-electron chi connectivity index (χ3n) is 4.23. The standard InChI is InChI=1S/C21H20Cl2N2O2/c1-25(14-16-9-10-17(22)18(23)12-16)20(19-8-5-11-27-19)21(26)24-13-15-6-3-2-4-7-15/h2-12,20H,13-14H2,1H3,(H,24,26). The zero-order chi connectivity index (χ0) is 19.2. The molecule has 1 unspecified atom stereocenters. The number of hydrogen-bond donors (Lipinski definition) is 1. The Morgan fingerprint density at radius 1 is 1.04 bits per heavy atom. The first-order valence-electron chi connectivity index (χ1n) is 8.54. The Labute approximate surface area is 168 Å². The molecule has 4 nitrogen and oxygen atoms in total. The van der Waals surface area contributed by atoms with Gasteiger partial charge in [-0.05, 0) is 42.4 Å². The van der Waals surface area contributed by atoms with E-state index in [0.29, 0.717) is 28.9 Å². The average molecular weight is 403 g/mol. The van der Waals surface area contributed by atoms with Crippen molar-refractivity contribution < 1.29 is 9.21 Å². The summed E-state index contributed by atoms with van der Waals surface area (Å²) < 4.78 is 5.52. The van der Waals surface area contributed by atoms with E-state index in [4.69, 9.17) is 27.6 Å². The fourth-order valence-electron chi connectivity index (χ4n) is 2.89. The molecule has 1 N–H and O–H groups in total. The Bertz CT molecular complexity index is 882. The molecular formula is C21H20Cl2N2O2. The highest BCUT2D eigenvalue weighted by molar-refractivity contribution is 6.42. The van der Waals surface area contributed by atoms with Crippen LogP contribution in [-0.2, 0) is 17.9 Å². The molecule has 0 radical (unpaired) electrons. The SMILES string of the molecule is CN(Cc1ccc(Cl)c(Cl)c1)C(C(=O)NCc1ccccc1)c1ccco1. The van der Waals surface area contributed by atoms with Gasteiger partial charge in [0.1, 0.15) is 11.8 Å². The maximum absolute atomic E-state index is 12.9. The molecule has 6 heteroatoms. The monoisotopic (exact) mass is 402 g/mol. The van der Waals surface area contributed by atoms with Gasteiger partial charge in [0.05, 0.1) is 16.3 Å². The first-order chi connectivity index (χ1) is 13.0. The molecular weight excluding hydrogens is 383 g/mol. The van der Waals surface area contributed by atoms with Crippen LogP contribution in [0.15, 0.2) is 71.3 Å². The molecule has 0 aliphatic rings. The van der Waals surface area contributed by atoms with Gasteiger partial charge >= 0.3 is 0 Å². The van der Waals surface area contributed by atoms with Crippen molar-refractivity contribution in [2.24, 2.45) is 0 Å². The number of amides is 1. The molecule has 3 aromatic rings. The highest BCUT2D eigenvalue weighted by atomic mass is 35.5. The van der Waals surface area contributed by atoms with Crippen molar-refractivity contribution in [3.05, 3.63) is 93.9 Å². The van der Waals surface area contributed by atoms with E-state index < -0.39 is 6.04 Å². The van der Waals surface area contributed by atoms with Gasteiger partial charge in [-0.1, -0.05) is 59.6 Å². The van der Waals surface area contributed by atoms with Crippen molar-refractivity contribution >= 4 is 29.1 Å². The molecule has 0 aliphatic carbocycles. The third-order valence-corrected chi connectivity index (χ3v) is 4.97. The first-order valence-corrected chi connectivity index (χ1v) is 9.29. The lowest BCUT2D eigenvalue weighted by Gasteiger charge is -2.26. The molecule has 27 heavy (non-hydrogen) atoms. The second-order valence-electron chi connectivity index (χ2n) is 6.28. The Hall–Kier alpha value is -2.27. The van der Waals surface area contributed by atoms with Gasteiger partial charge in [-0.15, -0.1) is 0 Å². The number of likely N-dealkylation sites (N-methyl/N-ethyl adjacent to an activating group) is 1. The van der Waals surface area contributed by atoms with E-state index in [-0.39, 0.29) is 5.91 Å². The molecule has 0 bridgehead atoms. The van der Waals surface area contributed by atoms with Crippen LogP contribution in [0.1, 0.15) is 22.9 Å². The van der Waals surface area contributed by atoms with Crippen molar-refractivity contribution in [1.29, 1.82) is 0 Å². The Balaban J connectivity index is 1.74. The lowest BCUT2D eigenvalue weighted by Crippen LogP contribution is -2.38. The fourth-order valence-corrected chi connectivity index (χ4v) is 3.21. The smallest absolute Gasteiger partial charge is 0.245 e. The predicted molar refractivity (Wildman–Crippen MR) is 108 cm³/mol. The van der Waals surface area contributed by atoms with E-state index in [1.165, 1.54) is 0 Å². The van der Waals surface area contributed by atoms with Crippen LogP contribution < -0.4 is 5.32 Å². The summed E-state index contributed by atoms with van der Waals surface area (Å²) in [5, 5.41) is 3.98. The summed E-state index contributed by atoms with van der Waals surface area (Å²) in [6.07, 6.45) is 1.57. The number of carbonyl (C=O) groups excluding carboxylic acids is 1. The van der Waals surface area contributed by atoms with E-state index >= 15 is 0 Å². The number of benzene rings is 2.